The summed E-state index contributed by atoms with van der Waals surface area (Å²) in [5.74, 6) is -2.05. The first-order valence-corrected chi connectivity index (χ1v) is 14.2. The minimum absolute atomic E-state index is 0.0857. The predicted molar refractivity (Wildman–Crippen MR) is 140 cm³/mol. The van der Waals surface area contributed by atoms with Crippen molar-refractivity contribution >= 4 is 58.6 Å². The highest BCUT2D eigenvalue weighted by atomic mass is 32.2. The van der Waals surface area contributed by atoms with Gasteiger partial charge in [-0.05, 0) is 33.0 Å². The third-order valence-electron chi connectivity index (χ3n) is 5.92. The number of tetrazole rings is 1. The Bertz CT molecular complexity index is 1410. The number of hydrogen-bond donors (Lipinski definition) is 3. The number of aliphatic carboxylic acids is 1. The molecule has 1 unspecified atom stereocenters. The van der Waals surface area contributed by atoms with Crippen LogP contribution in [0.3, 0.4) is 0 Å². The van der Waals surface area contributed by atoms with E-state index in [0.717, 1.165) is 0 Å². The van der Waals surface area contributed by atoms with E-state index in [-0.39, 0.29) is 5.70 Å². The monoisotopic (exact) mass is 571 g/mol. The number of rotatable bonds is 9. The molecule has 2 aliphatic rings. The van der Waals surface area contributed by atoms with Crippen molar-refractivity contribution in [3.8, 4) is 0 Å². The molecular formula is C23H21N7O5S3. The second-order valence-corrected chi connectivity index (χ2v) is 11.3. The number of thiophene rings is 1. The Balaban J connectivity index is 1.31. The molecule has 3 N–H and O–H groups in total. The van der Waals surface area contributed by atoms with Gasteiger partial charge in [0, 0.05) is 18.6 Å². The molecule has 1 saturated heterocycles. The second kappa shape index (κ2) is 11.0. The van der Waals surface area contributed by atoms with Crippen molar-refractivity contribution in [3.05, 3.63) is 69.6 Å². The van der Waals surface area contributed by atoms with Gasteiger partial charge < -0.3 is 15.7 Å². The third-order valence-corrected chi connectivity index (χ3v) is 9.22. The van der Waals surface area contributed by atoms with Crippen LogP contribution in [0.5, 0.6) is 0 Å². The van der Waals surface area contributed by atoms with Crippen LogP contribution in [0, 0.1) is 0 Å². The van der Waals surface area contributed by atoms with Crippen LogP contribution in [0.15, 0.2) is 64.3 Å². The number of carboxylic acid groups (broad SMARTS) is 1. The van der Waals surface area contributed by atoms with E-state index in [1.807, 2.05) is 0 Å². The molecule has 0 bridgehead atoms. The lowest BCUT2D eigenvalue weighted by Crippen LogP contribution is -2.71. The summed E-state index contributed by atoms with van der Waals surface area (Å²) in [7, 11) is 1.68. The van der Waals surface area contributed by atoms with Gasteiger partial charge >= 0.3 is 5.97 Å². The largest absolute Gasteiger partial charge is 0.477 e. The number of amides is 3. The fourth-order valence-corrected chi connectivity index (χ4v) is 7.04. The minimum Gasteiger partial charge on any atom is -0.477 e. The Morgan fingerprint density at radius 1 is 1.21 bits per heavy atom. The Kier molecular flexibility index (Phi) is 7.49. The summed E-state index contributed by atoms with van der Waals surface area (Å²) in [5, 5.41) is 28.3. The van der Waals surface area contributed by atoms with E-state index >= 15 is 0 Å². The van der Waals surface area contributed by atoms with Gasteiger partial charge in [0.25, 0.3) is 11.8 Å². The standard InChI is InChI=1S/C23H21N7O5S3/c1-29-23(26-27-28-29)38-11-13-10-37-21-16(20(33)30(21)17(13)22(34)35)25-19(32)15(12-6-3-2-4-7-12)24-18(31)14-8-5-9-36-14/h2-9,15-16,21H,10-11H2,1H3,(H,24,31)(H,25,32)(H,34,35)/t15-,16?,21-/m1/s1. The van der Waals surface area contributed by atoms with Crippen LogP contribution in [0.2, 0.25) is 0 Å². The quantitative estimate of drug-likeness (QED) is 0.252. The van der Waals surface area contributed by atoms with Gasteiger partial charge in [0.05, 0.1) is 4.88 Å². The SMILES string of the molecule is Cn1nnnc1SCC1=C(C(=O)O)N2C(=O)C(NC(=O)[C@H](NC(=O)c3cccs3)c3ccccc3)[C@H]2SC1. The maximum absolute atomic E-state index is 13.4. The van der Waals surface area contributed by atoms with Crippen molar-refractivity contribution in [2.45, 2.75) is 22.6 Å². The number of fused-ring (bicyclic) bond motifs is 1. The lowest BCUT2D eigenvalue weighted by Gasteiger charge is -2.49. The highest BCUT2D eigenvalue weighted by molar-refractivity contribution is 8.01. The Morgan fingerprint density at radius 2 is 2.00 bits per heavy atom. The van der Waals surface area contributed by atoms with Gasteiger partial charge in [0.2, 0.25) is 11.1 Å². The molecule has 0 saturated carbocycles. The molecule has 5 rings (SSSR count). The highest BCUT2D eigenvalue weighted by Crippen LogP contribution is 2.41. The Labute approximate surface area is 228 Å². The molecule has 0 spiro atoms. The molecule has 38 heavy (non-hydrogen) atoms. The van der Waals surface area contributed by atoms with E-state index < -0.39 is 41.1 Å². The van der Waals surface area contributed by atoms with Crippen LogP contribution in [0.1, 0.15) is 21.3 Å². The van der Waals surface area contributed by atoms with Crippen molar-refractivity contribution in [2.24, 2.45) is 7.05 Å². The lowest BCUT2D eigenvalue weighted by molar-refractivity contribution is -0.151. The average Bonchev–Trinajstić information content (AvgIpc) is 3.61. The van der Waals surface area contributed by atoms with E-state index in [1.165, 1.54) is 44.4 Å². The Morgan fingerprint density at radius 3 is 2.66 bits per heavy atom. The van der Waals surface area contributed by atoms with E-state index in [9.17, 15) is 24.3 Å². The number of nitrogens with zero attached hydrogens (tertiary/aromatic N) is 5. The molecule has 0 aliphatic carbocycles. The molecule has 3 amide bonds. The minimum atomic E-state index is -1.22. The summed E-state index contributed by atoms with van der Waals surface area (Å²) in [6, 6.07) is 10.2. The lowest BCUT2D eigenvalue weighted by atomic mass is 10.0. The number of benzene rings is 1. The molecule has 2 aromatic heterocycles. The summed E-state index contributed by atoms with van der Waals surface area (Å²) < 4.78 is 1.48. The molecule has 15 heteroatoms. The molecular weight excluding hydrogens is 550 g/mol. The summed E-state index contributed by atoms with van der Waals surface area (Å²) >= 11 is 3.89. The highest BCUT2D eigenvalue weighted by Gasteiger charge is 2.54. The Hall–Kier alpha value is -3.69. The van der Waals surface area contributed by atoms with Crippen molar-refractivity contribution in [1.82, 2.24) is 35.7 Å². The van der Waals surface area contributed by atoms with Crippen molar-refractivity contribution in [2.75, 3.05) is 11.5 Å². The molecule has 3 aromatic rings. The summed E-state index contributed by atoms with van der Waals surface area (Å²) in [6.45, 7) is 0. The second-order valence-electron chi connectivity index (χ2n) is 8.32. The first kappa shape index (κ1) is 25.9. The van der Waals surface area contributed by atoms with E-state index in [0.29, 0.717) is 32.7 Å². The molecule has 12 nitrogen and oxygen atoms in total. The van der Waals surface area contributed by atoms with Gasteiger partial charge in [0.15, 0.2) is 0 Å². The van der Waals surface area contributed by atoms with Gasteiger partial charge in [-0.1, -0.05) is 48.2 Å². The van der Waals surface area contributed by atoms with E-state index in [2.05, 4.69) is 26.2 Å². The van der Waals surface area contributed by atoms with Crippen LogP contribution < -0.4 is 10.6 Å². The zero-order chi connectivity index (χ0) is 26.8. The number of aromatic nitrogens is 4. The third kappa shape index (κ3) is 5.04. The average molecular weight is 572 g/mol. The zero-order valence-corrected chi connectivity index (χ0v) is 22.3. The maximum atomic E-state index is 13.4. The first-order valence-electron chi connectivity index (χ1n) is 11.3. The molecule has 3 atom stereocenters. The number of carboxylic acids is 1. The number of aryl methyl sites for hydroxylation is 1. The molecule has 4 heterocycles. The van der Waals surface area contributed by atoms with E-state index in [1.54, 1.807) is 54.9 Å². The predicted octanol–water partition coefficient (Wildman–Crippen LogP) is 1.27. The van der Waals surface area contributed by atoms with E-state index in [4.69, 9.17) is 0 Å². The molecule has 196 valence electrons. The number of hydrogen-bond acceptors (Lipinski definition) is 10. The molecule has 1 aromatic carbocycles. The summed E-state index contributed by atoms with van der Waals surface area (Å²) in [5.41, 5.74) is 1.03. The molecule has 1 fully saturated rings. The van der Waals surface area contributed by atoms with Gasteiger partial charge in [-0.25, -0.2) is 9.48 Å². The maximum Gasteiger partial charge on any atom is 0.352 e. The van der Waals surface area contributed by atoms with Crippen LogP contribution in [0.4, 0.5) is 0 Å². The fraction of sp³-hybridized carbons (Fsp3) is 0.261. The smallest absolute Gasteiger partial charge is 0.352 e. The summed E-state index contributed by atoms with van der Waals surface area (Å²) in [6.07, 6.45) is 0. The van der Waals surface area contributed by atoms with Crippen LogP contribution >= 0.6 is 34.9 Å². The number of thioether (sulfide) groups is 2. The van der Waals surface area contributed by atoms with Crippen molar-refractivity contribution in [1.29, 1.82) is 0 Å². The zero-order valence-electron chi connectivity index (χ0n) is 19.8. The first-order chi connectivity index (χ1) is 18.3. The summed E-state index contributed by atoms with van der Waals surface area (Å²) in [4.78, 5) is 53.0. The van der Waals surface area contributed by atoms with Gasteiger partial charge in [-0.15, -0.1) is 28.2 Å². The van der Waals surface area contributed by atoms with Crippen molar-refractivity contribution in [3.63, 3.8) is 0 Å². The van der Waals surface area contributed by atoms with Crippen LogP contribution in [-0.2, 0) is 21.4 Å². The normalized spacial score (nSPS) is 19.4. The van der Waals surface area contributed by atoms with Crippen LogP contribution in [-0.4, -0.2) is 76.8 Å². The van der Waals surface area contributed by atoms with Crippen LogP contribution in [0.25, 0.3) is 0 Å². The van der Waals surface area contributed by atoms with Crippen molar-refractivity contribution < 1.29 is 24.3 Å². The fourth-order valence-electron chi connectivity index (χ4n) is 4.08. The van der Waals surface area contributed by atoms with Gasteiger partial charge in [-0.3, -0.25) is 19.3 Å². The van der Waals surface area contributed by atoms with Gasteiger partial charge in [0.1, 0.15) is 23.2 Å². The molecule has 0 radical (unpaired) electrons. The molecule has 2 aliphatic heterocycles. The number of β-lactam (4-membered cyclic amide) rings is 1. The van der Waals surface area contributed by atoms with Gasteiger partial charge in [-0.2, -0.15) is 0 Å². The number of carbonyl (C=O) groups excluding carboxylic acids is 3. The number of carbonyl (C=O) groups is 4. The number of nitrogens with one attached hydrogen (secondary N) is 2. The topological polar surface area (TPSA) is 159 Å².